The van der Waals surface area contributed by atoms with Gasteiger partial charge in [0.25, 0.3) is 5.91 Å². The number of rotatable bonds is 3. The molecule has 0 saturated heterocycles. The van der Waals surface area contributed by atoms with E-state index in [4.69, 9.17) is 0 Å². The average molecular weight is 357 g/mol. The maximum atomic E-state index is 13.3. The Hall–Kier alpha value is -3.09. The summed E-state index contributed by atoms with van der Waals surface area (Å²) in [5, 5.41) is 6.93. The Morgan fingerprint density at radius 3 is 2.50 bits per heavy atom. The van der Waals surface area contributed by atoms with Crippen LogP contribution in [0, 0.1) is 17.5 Å². The van der Waals surface area contributed by atoms with Crippen molar-refractivity contribution in [2.24, 2.45) is 0 Å². The molecular formula is C19H14F3N3O. The van der Waals surface area contributed by atoms with E-state index in [-0.39, 0.29) is 17.2 Å². The van der Waals surface area contributed by atoms with E-state index in [1.165, 1.54) is 18.2 Å². The number of nitrogens with zero attached hydrogens (tertiary/aromatic N) is 2. The van der Waals surface area contributed by atoms with Crippen molar-refractivity contribution in [2.45, 2.75) is 19.3 Å². The van der Waals surface area contributed by atoms with E-state index >= 15 is 0 Å². The van der Waals surface area contributed by atoms with Crippen LogP contribution in [0.2, 0.25) is 0 Å². The number of nitrogens with one attached hydrogen (secondary N) is 1. The van der Waals surface area contributed by atoms with Crippen LogP contribution in [0.4, 0.5) is 18.9 Å². The molecule has 1 N–H and O–H groups in total. The van der Waals surface area contributed by atoms with Gasteiger partial charge in [0.2, 0.25) is 0 Å². The van der Waals surface area contributed by atoms with E-state index in [0.717, 1.165) is 36.2 Å². The Kier molecular flexibility index (Phi) is 3.99. The van der Waals surface area contributed by atoms with Gasteiger partial charge in [-0.3, -0.25) is 4.79 Å². The molecule has 0 bridgehead atoms. The Morgan fingerprint density at radius 2 is 1.77 bits per heavy atom. The maximum absolute atomic E-state index is 13.3. The Morgan fingerprint density at radius 1 is 1.00 bits per heavy atom. The van der Waals surface area contributed by atoms with Crippen LogP contribution in [0.3, 0.4) is 0 Å². The molecular weight excluding hydrogens is 343 g/mol. The summed E-state index contributed by atoms with van der Waals surface area (Å²) in [6.45, 7) is 0. The van der Waals surface area contributed by atoms with E-state index in [1.807, 2.05) is 0 Å². The van der Waals surface area contributed by atoms with Gasteiger partial charge in [0.1, 0.15) is 5.82 Å². The van der Waals surface area contributed by atoms with Crippen molar-refractivity contribution in [1.82, 2.24) is 9.78 Å². The number of aromatic nitrogens is 2. The summed E-state index contributed by atoms with van der Waals surface area (Å²) >= 11 is 0. The standard InChI is InChI=1S/C19H14F3N3O/c20-11-4-7-13(8-5-11)25-17-3-1-2-14(17)18(24-25)19(26)23-12-6-9-15(21)16(22)10-12/h4-10H,1-3H2,(H,23,26). The number of halogens is 3. The highest BCUT2D eigenvalue weighted by atomic mass is 19.2. The Bertz CT molecular complexity index is 996. The van der Waals surface area contributed by atoms with E-state index in [2.05, 4.69) is 10.4 Å². The molecule has 3 aromatic rings. The number of benzene rings is 2. The molecule has 1 aromatic heterocycles. The predicted molar refractivity (Wildman–Crippen MR) is 89.9 cm³/mol. The molecule has 0 saturated carbocycles. The number of hydrogen-bond acceptors (Lipinski definition) is 2. The molecule has 2 aromatic carbocycles. The third-order valence-corrected chi connectivity index (χ3v) is 4.39. The second-order valence-electron chi connectivity index (χ2n) is 6.10. The van der Waals surface area contributed by atoms with E-state index in [1.54, 1.807) is 16.8 Å². The average Bonchev–Trinajstić information content (AvgIpc) is 3.21. The molecule has 4 nitrogen and oxygen atoms in total. The van der Waals surface area contributed by atoms with Crippen LogP contribution < -0.4 is 5.32 Å². The largest absolute Gasteiger partial charge is 0.320 e. The molecule has 0 radical (unpaired) electrons. The zero-order valence-electron chi connectivity index (χ0n) is 13.6. The molecule has 0 unspecified atom stereocenters. The highest BCUT2D eigenvalue weighted by molar-refractivity contribution is 6.04. The Labute approximate surface area is 147 Å². The Balaban J connectivity index is 1.68. The highest BCUT2D eigenvalue weighted by Crippen LogP contribution is 2.28. The molecule has 0 spiro atoms. The fourth-order valence-corrected chi connectivity index (χ4v) is 3.18. The molecule has 4 rings (SSSR count). The van der Waals surface area contributed by atoms with Crippen molar-refractivity contribution < 1.29 is 18.0 Å². The van der Waals surface area contributed by atoms with Crippen LogP contribution in [0.25, 0.3) is 5.69 Å². The van der Waals surface area contributed by atoms with Crippen molar-refractivity contribution in [3.8, 4) is 5.69 Å². The lowest BCUT2D eigenvalue weighted by Crippen LogP contribution is -2.15. The third-order valence-electron chi connectivity index (χ3n) is 4.39. The van der Waals surface area contributed by atoms with Gasteiger partial charge in [-0.2, -0.15) is 5.10 Å². The number of amides is 1. The molecule has 0 aliphatic heterocycles. The summed E-state index contributed by atoms with van der Waals surface area (Å²) in [7, 11) is 0. The summed E-state index contributed by atoms with van der Waals surface area (Å²) in [4.78, 5) is 12.6. The minimum Gasteiger partial charge on any atom is -0.320 e. The van der Waals surface area contributed by atoms with E-state index in [9.17, 15) is 18.0 Å². The first kappa shape index (κ1) is 16.4. The van der Waals surface area contributed by atoms with Crippen molar-refractivity contribution in [3.05, 3.63) is 76.9 Å². The lowest BCUT2D eigenvalue weighted by molar-refractivity contribution is 0.102. The van der Waals surface area contributed by atoms with Gasteiger partial charge in [-0.25, -0.2) is 17.9 Å². The summed E-state index contributed by atoms with van der Waals surface area (Å²) in [6.07, 6.45) is 2.36. The van der Waals surface area contributed by atoms with Gasteiger partial charge >= 0.3 is 0 Å². The van der Waals surface area contributed by atoms with Gasteiger partial charge in [-0.15, -0.1) is 0 Å². The second kappa shape index (κ2) is 6.33. The summed E-state index contributed by atoms with van der Waals surface area (Å²) in [5.74, 6) is -2.86. The zero-order chi connectivity index (χ0) is 18.3. The number of hydrogen-bond donors (Lipinski definition) is 1. The van der Waals surface area contributed by atoms with Crippen molar-refractivity contribution in [3.63, 3.8) is 0 Å². The predicted octanol–water partition coefficient (Wildman–Crippen LogP) is 4.03. The normalized spacial score (nSPS) is 12.9. The number of fused-ring (bicyclic) bond motifs is 1. The SMILES string of the molecule is O=C(Nc1ccc(F)c(F)c1)c1nn(-c2ccc(F)cc2)c2c1CCC2. The number of anilines is 1. The van der Waals surface area contributed by atoms with Crippen molar-refractivity contribution in [1.29, 1.82) is 0 Å². The van der Waals surface area contributed by atoms with Crippen LogP contribution in [0.15, 0.2) is 42.5 Å². The first-order valence-electron chi connectivity index (χ1n) is 8.16. The van der Waals surface area contributed by atoms with Crippen LogP contribution in [0.1, 0.15) is 28.2 Å². The first-order valence-corrected chi connectivity index (χ1v) is 8.16. The highest BCUT2D eigenvalue weighted by Gasteiger charge is 2.27. The minimum absolute atomic E-state index is 0.150. The third kappa shape index (κ3) is 2.85. The van der Waals surface area contributed by atoms with Crippen molar-refractivity contribution >= 4 is 11.6 Å². The smallest absolute Gasteiger partial charge is 0.276 e. The van der Waals surface area contributed by atoms with Gasteiger partial charge in [-0.05, 0) is 55.7 Å². The summed E-state index contributed by atoms with van der Waals surface area (Å²) < 4.78 is 41.2. The number of carbonyl (C=O) groups excluding carboxylic acids is 1. The second-order valence-corrected chi connectivity index (χ2v) is 6.10. The molecule has 1 aliphatic rings. The summed E-state index contributed by atoms with van der Waals surface area (Å²) in [6, 6.07) is 9.01. The maximum Gasteiger partial charge on any atom is 0.276 e. The molecule has 7 heteroatoms. The lowest BCUT2D eigenvalue weighted by Gasteiger charge is -2.06. The van der Waals surface area contributed by atoms with Crippen LogP contribution >= 0.6 is 0 Å². The van der Waals surface area contributed by atoms with Gasteiger partial charge in [0.05, 0.1) is 5.69 Å². The number of carbonyl (C=O) groups is 1. The molecule has 1 amide bonds. The molecule has 0 fully saturated rings. The molecule has 1 heterocycles. The fourth-order valence-electron chi connectivity index (χ4n) is 3.18. The monoisotopic (exact) mass is 357 g/mol. The van der Waals surface area contributed by atoms with Crippen LogP contribution in [0.5, 0.6) is 0 Å². The fraction of sp³-hybridized carbons (Fsp3) is 0.158. The lowest BCUT2D eigenvalue weighted by atomic mass is 10.2. The summed E-state index contributed by atoms with van der Waals surface area (Å²) in [5.41, 5.74) is 2.79. The first-order chi connectivity index (χ1) is 12.5. The van der Waals surface area contributed by atoms with E-state index in [0.29, 0.717) is 12.1 Å². The van der Waals surface area contributed by atoms with Crippen LogP contribution in [-0.4, -0.2) is 15.7 Å². The van der Waals surface area contributed by atoms with Gasteiger partial charge in [-0.1, -0.05) is 0 Å². The van der Waals surface area contributed by atoms with Crippen molar-refractivity contribution in [2.75, 3.05) is 5.32 Å². The van der Waals surface area contributed by atoms with Crippen LogP contribution in [-0.2, 0) is 12.8 Å². The molecule has 0 atom stereocenters. The van der Waals surface area contributed by atoms with E-state index < -0.39 is 17.5 Å². The molecule has 1 aliphatic carbocycles. The van der Waals surface area contributed by atoms with Gasteiger partial charge in [0, 0.05) is 23.0 Å². The van der Waals surface area contributed by atoms with Gasteiger partial charge in [0.15, 0.2) is 17.3 Å². The molecule has 26 heavy (non-hydrogen) atoms. The van der Waals surface area contributed by atoms with Gasteiger partial charge < -0.3 is 5.32 Å². The minimum atomic E-state index is -1.04. The molecule has 132 valence electrons. The topological polar surface area (TPSA) is 46.9 Å². The zero-order valence-corrected chi connectivity index (χ0v) is 13.6. The quantitative estimate of drug-likeness (QED) is 0.769.